The topological polar surface area (TPSA) is 78.9 Å². The molecule has 0 heterocycles. The third-order valence-electron chi connectivity index (χ3n) is 12.4. The zero-order valence-corrected chi connectivity index (χ0v) is 45.3. The van der Waals surface area contributed by atoms with E-state index in [0.29, 0.717) is 19.3 Å². The van der Waals surface area contributed by atoms with Gasteiger partial charge in [-0.05, 0) is 109 Å². The summed E-state index contributed by atoms with van der Waals surface area (Å²) >= 11 is 0. The molecule has 1 atom stereocenters. The van der Waals surface area contributed by atoms with Crippen LogP contribution in [-0.2, 0) is 28.6 Å². The number of allylic oxidation sites excluding steroid dienone is 14. The second kappa shape index (κ2) is 57.2. The van der Waals surface area contributed by atoms with E-state index in [-0.39, 0.29) is 37.5 Å². The van der Waals surface area contributed by atoms with Gasteiger partial charge in [-0.3, -0.25) is 14.4 Å². The highest BCUT2D eigenvalue weighted by molar-refractivity contribution is 5.71. The van der Waals surface area contributed by atoms with Crippen LogP contribution in [0.5, 0.6) is 0 Å². The highest BCUT2D eigenvalue weighted by Gasteiger charge is 2.19. The van der Waals surface area contributed by atoms with Gasteiger partial charge in [-0.1, -0.05) is 234 Å². The molecular formula is C63H108O6. The lowest BCUT2D eigenvalue weighted by molar-refractivity contribution is -0.167. The molecule has 0 spiro atoms. The zero-order chi connectivity index (χ0) is 50.0. The number of carbonyl (C=O) groups excluding carboxylic acids is 3. The van der Waals surface area contributed by atoms with E-state index in [1.54, 1.807) is 0 Å². The van der Waals surface area contributed by atoms with Crippen molar-refractivity contribution in [3.05, 3.63) is 85.1 Å². The Morgan fingerprint density at radius 2 is 0.580 bits per heavy atom. The lowest BCUT2D eigenvalue weighted by Gasteiger charge is -2.18. The Morgan fingerprint density at radius 1 is 0.304 bits per heavy atom. The fourth-order valence-electron chi connectivity index (χ4n) is 8.00. The molecule has 396 valence electrons. The third-order valence-corrected chi connectivity index (χ3v) is 12.4. The van der Waals surface area contributed by atoms with Crippen LogP contribution < -0.4 is 0 Å². The molecule has 0 saturated heterocycles. The Balaban J connectivity index is 4.46. The van der Waals surface area contributed by atoms with Gasteiger partial charge in [-0.2, -0.15) is 0 Å². The molecule has 0 radical (unpaired) electrons. The Hall–Kier alpha value is -3.41. The van der Waals surface area contributed by atoms with Crippen LogP contribution in [0.3, 0.4) is 0 Å². The molecule has 0 fully saturated rings. The number of carbonyl (C=O) groups is 3. The van der Waals surface area contributed by atoms with E-state index in [4.69, 9.17) is 14.2 Å². The van der Waals surface area contributed by atoms with Gasteiger partial charge in [-0.15, -0.1) is 0 Å². The minimum Gasteiger partial charge on any atom is -0.462 e. The predicted octanol–water partition coefficient (Wildman–Crippen LogP) is 19.5. The fourth-order valence-corrected chi connectivity index (χ4v) is 8.00. The van der Waals surface area contributed by atoms with Crippen molar-refractivity contribution < 1.29 is 28.6 Å². The van der Waals surface area contributed by atoms with Crippen molar-refractivity contribution in [1.29, 1.82) is 0 Å². The number of hydrogen-bond donors (Lipinski definition) is 0. The first-order chi connectivity index (χ1) is 34.0. The summed E-state index contributed by atoms with van der Waals surface area (Å²) in [5, 5.41) is 0. The van der Waals surface area contributed by atoms with Crippen molar-refractivity contribution in [2.75, 3.05) is 13.2 Å². The van der Waals surface area contributed by atoms with E-state index in [1.807, 2.05) is 0 Å². The second-order valence-corrected chi connectivity index (χ2v) is 19.2. The lowest BCUT2D eigenvalue weighted by atomic mass is 10.1. The molecule has 0 amide bonds. The van der Waals surface area contributed by atoms with Gasteiger partial charge < -0.3 is 14.2 Å². The number of ether oxygens (including phenoxy) is 3. The minimum atomic E-state index is -0.809. The van der Waals surface area contributed by atoms with Gasteiger partial charge in [0.05, 0.1) is 0 Å². The van der Waals surface area contributed by atoms with Crippen LogP contribution in [0.2, 0.25) is 0 Å². The molecule has 0 N–H and O–H groups in total. The smallest absolute Gasteiger partial charge is 0.306 e. The average molecular weight is 962 g/mol. The molecule has 0 bridgehead atoms. The fraction of sp³-hybridized carbons (Fsp3) is 0.730. The highest BCUT2D eigenvalue weighted by atomic mass is 16.6. The van der Waals surface area contributed by atoms with Gasteiger partial charge in [0.15, 0.2) is 6.10 Å². The molecule has 0 saturated carbocycles. The minimum absolute atomic E-state index is 0.101. The molecule has 0 rings (SSSR count). The van der Waals surface area contributed by atoms with Crippen LogP contribution in [0.15, 0.2) is 85.1 Å². The summed E-state index contributed by atoms with van der Waals surface area (Å²) in [5.74, 6) is -0.960. The SMILES string of the molecule is CC/C=C/C/C=C/C/C=C/C/C=C/C/C=C/CCCC(=O)O[C@H](COC(=O)CCCCCCCCC/C=C/CCCCCC)COC(=O)CCCCCCCCCCC/C=C/CCCCCCCC. The van der Waals surface area contributed by atoms with Crippen molar-refractivity contribution in [2.24, 2.45) is 0 Å². The van der Waals surface area contributed by atoms with Gasteiger partial charge in [-0.25, -0.2) is 0 Å². The standard InChI is InChI=1S/C63H108O6/c1-4-7-10-13-16-19-22-25-28-30-31-33-35-38-41-44-47-50-53-56-62(65)68-59-60(58-67-61(64)55-52-49-46-43-40-37-34-27-24-21-18-15-12-9-6-3)69-63(66)57-54-51-48-45-42-39-36-32-29-26-23-20-17-14-11-8-5-2/h8,11,17,20-21,24-26,28-29,36,39,45,48,60H,4-7,9-10,12-16,18-19,22-23,27,30-35,37-38,40-44,46-47,49-59H2,1-3H3/b11-8+,20-17+,24-21+,28-25+,29-26+,39-36+,48-45+/t60-/m1/s1. The van der Waals surface area contributed by atoms with Crippen molar-refractivity contribution in [2.45, 2.75) is 284 Å². The van der Waals surface area contributed by atoms with E-state index in [2.05, 4.69) is 106 Å². The maximum absolute atomic E-state index is 12.8. The molecule has 6 heteroatoms. The Labute approximate surface area is 426 Å². The maximum Gasteiger partial charge on any atom is 0.306 e. The zero-order valence-electron chi connectivity index (χ0n) is 45.3. The normalized spacial score (nSPS) is 12.7. The van der Waals surface area contributed by atoms with Crippen LogP contribution in [0.4, 0.5) is 0 Å². The summed E-state index contributed by atoms with van der Waals surface area (Å²) in [4.78, 5) is 38.2. The molecule has 0 aromatic carbocycles. The Morgan fingerprint density at radius 3 is 0.957 bits per heavy atom. The van der Waals surface area contributed by atoms with E-state index >= 15 is 0 Å². The molecular weight excluding hydrogens is 853 g/mol. The van der Waals surface area contributed by atoms with Crippen LogP contribution in [0.25, 0.3) is 0 Å². The van der Waals surface area contributed by atoms with E-state index in [0.717, 1.165) is 77.0 Å². The highest BCUT2D eigenvalue weighted by Crippen LogP contribution is 2.15. The molecule has 0 aliphatic rings. The summed E-state index contributed by atoms with van der Waals surface area (Å²) in [6, 6.07) is 0. The van der Waals surface area contributed by atoms with Crippen molar-refractivity contribution >= 4 is 17.9 Å². The Kier molecular flexibility index (Phi) is 54.3. The van der Waals surface area contributed by atoms with E-state index in [1.165, 1.54) is 154 Å². The van der Waals surface area contributed by atoms with E-state index in [9.17, 15) is 14.4 Å². The predicted molar refractivity (Wildman–Crippen MR) is 297 cm³/mol. The first-order valence-electron chi connectivity index (χ1n) is 29.1. The van der Waals surface area contributed by atoms with Gasteiger partial charge >= 0.3 is 17.9 Å². The van der Waals surface area contributed by atoms with Gasteiger partial charge in [0.25, 0.3) is 0 Å². The van der Waals surface area contributed by atoms with Gasteiger partial charge in [0.1, 0.15) is 13.2 Å². The first-order valence-corrected chi connectivity index (χ1v) is 29.1. The van der Waals surface area contributed by atoms with E-state index < -0.39 is 6.10 Å². The summed E-state index contributed by atoms with van der Waals surface area (Å²) in [7, 11) is 0. The molecule has 69 heavy (non-hydrogen) atoms. The number of unbranched alkanes of at least 4 members (excludes halogenated alkanes) is 27. The summed E-state index contributed by atoms with van der Waals surface area (Å²) in [6.07, 6.45) is 74.3. The number of esters is 3. The molecule has 0 aliphatic carbocycles. The Bertz CT molecular complexity index is 1330. The summed E-state index contributed by atoms with van der Waals surface area (Å²) < 4.78 is 16.8. The summed E-state index contributed by atoms with van der Waals surface area (Å²) in [6.45, 7) is 6.47. The van der Waals surface area contributed by atoms with Crippen LogP contribution in [-0.4, -0.2) is 37.2 Å². The summed E-state index contributed by atoms with van der Waals surface area (Å²) in [5.41, 5.74) is 0. The second-order valence-electron chi connectivity index (χ2n) is 19.2. The van der Waals surface area contributed by atoms with Gasteiger partial charge in [0.2, 0.25) is 0 Å². The first kappa shape index (κ1) is 65.6. The van der Waals surface area contributed by atoms with Crippen molar-refractivity contribution in [3.8, 4) is 0 Å². The van der Waals surface area contributed by atoms with Gasteiger partial charge in [0, 0.05) is 19.3 Å². The molecule has 0 aromatic rings. The molecule has 6 nitrogen and oxygen atoms in total. The molecule has 0 unspecified atom stereocenters. The van der Waals surface area contributed by atoms with Crippen LogP contribution in [0, 0.1) is 0 Å². The molecule has 0 aliphatic heterocycles. The van der Waals surface area contributed by atoms with Crippen molar-refractivity contribution in [3.63, 3.8) is 0 Å². The lowest BCUT2D eigenvalue weighted by Crippen LogP contribution is -2.30. The quantitative estimate of drug-likeness (QED) is 0.0262. The van der Waals surface area contributed by atoms with Crippen LogP contribution >= 0.6 is 0 Å². The third kappa shape index (κ3) is 55.4. The number of rotatable bonds is 52. The van der Waals surface area contributed by atoms with Crippen molar-refractivity contribution in [1.82, 2.24) is 0 Å². The average Bonchev–Trinajstić information content (AvgIpc) is 3.35. The largest absolute Gasteiger partial charge is 0.462 e. The monoisotopic (exact) mass is 961 g/mol. The maximum atomic E-state index is 12.8. The molecule has 0 aromatic heterocycles. The van der Waals surface area contributed by atoms with Crippen LogP contribution in [0.1, 0.15) is 278 Å². The number of hydrogen-bond acceptors (Lipinski definition) is 6.